The van der Waals surface area contributed by atoms with Crippen molar-refractivity contribution in [2.24, 2.45) is 7.05 Å². The van der Waals surface area contributed by atoms with Gasteiger partial charge in [-0.25, -0.2) is 14.1 Å². The summed E-state index contributed by atoms with van der Waals surface area (Å²) in [5.74, 6) is 0.538. The molecule has 0 bridgehead atoms. The summed E-state index contributed by atoms with van der Waals surface area (Å²) in [6.45, 7) is 1.09. The number of ether oxygens (including phenoxy) is 2. The molecule has 1 saturated heterocycles. The van der Waals surface area contributed by atoms with Crippen molar-refractivity contribution in [3.8, 4) is 16.3 Å². The molecule has 1 saturated carbocycles. The molecule has 0 spiro atoms. The van der Waals surface area contributed by atoms with Crippen molar-refractivity contribution in [2.75, 3.05) is 12.9 Å². The number of alkyl halides is 1. The molecular weight excluding hydrogens is 605 g/mol. The number of thiophene rings is 1. The fourth-order valence-corrected chi connectivity index (χ4v) is 8.16. The van der Waals surface area contributed by atoms with Crippen LogP contribution >= 0.6 is 34.7 Å². The third-order valence-corrected chi connectivity index (χ3v) is 10.4. The quantitative estimate of drug-likeness (QED) is 0.129. The molecule has 0 amide bonds. The number of benzene rings is 2. The van der Waals surface area contributed by atoms with Crippen LogP contribution in [0.3, 0.4) is 0 Å². The Morgan fingerprint density at radius 2 is 2.02 bits per heavy atom. The summed E-state index contributed by atoms with van der Waals surface area (Å²) in [6.07, 6.45) is 7.55. The monoisotopic (exact) mass is 633 g/mol. The number of nitrogens with zero attached hydrogens (tertiary/aromatic N) is 5. The van der Waals surface area contributed by atoms with Gasteiger partial charge in [0.25, 0.3) is 0 Å². The summed E-state index contributed by atoms with van der Waals surface area (Å²) in [5.41, 5.74) is 3.54. The first-order chi connectivity index (χ1) is 21.0. The predicted octanol–water partition coefficient (Wildman–Crippen LogP) is 8.81. The maximum Gasteiger partial charge on any atom is 0.228 e. The van der Waals surface area contributed by atoms with Crippen molar-refractivity contribution in [3.05, 3.63) is 64.1 Å². The first-order valence-electron chi connectivity index (χ1n) is 14.5. The van der Waals surface area contributed by atoms with E-state index in [2.05, 4.69) is 9.95 Å². The summed E-state index contributed by atoms with van der Waals surface area (Å²) in [7, 11) is 2.00. The third-order valence-electron chi connectivity index (χ3n) is 8.57. The lowest BCUT2D eigenvalue weighted by molar-refractivity contribution is -0.0366. The molecule has 5 heterocycles. The second kappa shape index (κ2) is 10.5. The maximum absolute atomic E-state index is 16.2. The van der Waals surface area contributed by atoms with Crippen LogP contribution in [0.25, 0.3) is 43.3 Å². The normalized spacial score (nSPS) is 18.2. The van der Waals surface area contributed by atoms with Crippen LogP contribution in [-0.4, -0.2) is 37.2 Å². The Kier molecular flexibility index (Phi) is 6.67. The van der Waals surface area contributed by atoms with Crippen molar-refractivity contribution in [2.45, 2.75) is 55.8 Å². The van der Waals surface area contributed by atoms with E-state index in [1.165, 1.54) is 11.8 Å². The van der Waals surface area contributed by atoms with E-state index in [1.807, 2.05) is 60.6 Å². The van der Waals surface area contributed by atoms with Crippen LogP contribution in [0.1, 0.15) is 49.5 Å². The van der Waals surface area contributed by atoms with Gasteiger partial charge in [0.1, 0.15) is 17.9 Å². The Bertz CT molecular complexity index is 2010. The lowest BCUT2D eigenvalue weighted by Crippen LogP contribution is -2.19. The van der Waals surface area contributed by atoms with Crippen LogP contribution in [0.5, 0.6) is 5.88 Å². The molecule has 1 unspecified atom stereocenters. The molecule has 1 atom stereocenters. The topological polar surface area (TPSA) is 67.0 Å². The van der Waals surface area contributed by atoms with Crippen molar-refractivity contribution in [3.63, 3.8) is 0 Å². The smallest absolute Gasteiger partial charge is 0.228 e. The highest BCUT2D eigenvalue weighted by atomic mass is 35.5. The number of aryl methyl sites for hydroxylation is 1. The van der Waals surface area contributed by atoms with E-state index in [-0.39, 0.29) is 6.23 Å². The molecule has 1 aliphatic heterocycles. The van der Waals surface area contributed by atoms with E-state index in [4.69, 9.17) is 36.1 Å². The van der Waals surface area contributed by atoms with Gasteiger partial charge in [-0.2, -0.15) is 10.1 Å². The molecule has 8 rings (SSSR count). The van der Waals surface area contributed by atoms with Gasteiger partial charge in [0, 0.05) is 46.0 Å². The highest BCUT2D eigenvalue weighted by molar-refractivity contribution is 7.98. The number of hydrogen-bond donors (Lipinski definition) is 0. The van der Waals surface area contributed by atoms with Gasteiger partial charge < -0.3 is 14.0 Å². The third kappa shape index (κ3) is 4.44. The number of aromatic nitrogens is 5. The second-order valence-corrected chi connectivity index (χ2v) is 13.4. The summed E-state index contributed by atoms with van der Waals surface area (Å²) >= 11 is 10.0. The molecule has 1 aliphatic carbocycles. The highest BCUT2D eigenvalue weighted by Crippen LogP contribution is 2.58. The Labute approximate surface area is 261 Å². The first-order valence-corrected chi connectivity index (χ1v) is 16.9. The summed E-state index contributed by atoms with van der Waals surface area (Å²) in [6, 6.07) is 11.9. The predicted molar refractivity (Wildman–Crippen MR) is 171 cm³/mol. The van der Waals surface area contributed by atoms with Gasteiger partial charge >= 0.3 is 0 Å². The van der Waals surface area contributed by atoms with Crippen LogP contribution in [0.2, 0.25) is 5.02 Å². The zero-order chi connectivity index (χ0) is 29.3. The zero-order valence-electron chi connectivity index (χ0n) is 23.8. The average molecular weight is 634 g/mol. The fraction of sp³-hybridized carbons (Fsp3) is 0.344. The molecule has 11 heteroatoms. The minimum absolute atomic E-state index is 0.160. The van der Waals surface area contributed by atoms with E-state index in [1.54, 1.807) is 11.3 Å². The minimum Gasteiger partial charge on any atom is -0.472 e. The average Bonchev–Trinajstić information content (AvgIpc) is 3.34. The van der Waals surface area contributed by atoms with Gasteiger partial charge in [-0.3, -0.25) is 0 Å². The van der Waals surface area contributed by atoms with E-state index < -0.39 is 5.67 Å². The molecule has 2 aliphatic rings. The second-order valence-electron chi connectivity index (χ2n) is 11.3. The van der Waals surface area contributed by atoms with Crippen LogP contribution in [0.15, 0.2) is 53.1 Å². The molecule has 7 nitrogen and oxygen atoms in total. The van der Waals surface area contributed by atoms with Crippen LogP contribution in [0, 0.1) is 0 Å². The summed E-state index contributed by atoms with van der Waals surface area (Å²) < 4.78 is 32.6. The van der Waals surface area contributed by atoms with Gasteiger partial charge in [-0.1, -0.05) is 53.7 Å². The van der Waals surface area contributed by atoms with Gasteiger partial charge in [-0.15, -0.1) is 11.3 Å². The summed E-state index contributed by atoms with van der Waals surface area (Å²) in [4.78, 5) is 10.6. The van der Waals surface area contributed by atoms with Gasteiger partial charge in [0.05, 0.1) is 27.5 Å². The standard InChI is InChI=1S/C32H29ClFN5O2S2/c1-38-27-20(25-29(38)36-31(42-2)37-30(25)41-16-18-8-4-3-5-9-18)17-43-28(27)24-19-15-35-39(23-10-6-7-13-40-23)22(19)14-21(33)26(24)32(34)11-12-32/h3-5,8-9,14-15,17,23H,6-7,10-13,16H2,1-2H3. The number of fused-ring (bicyclic) bond motifs is 4. The molecule has 4 aromatic heterocycles. The van der Waals surface area contributed by atoms with E-state index in [0.717, 1.165) is 68.1 Å². The molecule has 220 valence electrons. The van der Waals surface area contributed by atoms with Gasteiger partial charge in [0.15, 0.2) is 11.4 Å². The molecule has 2 fully saturated rings. The van der Waals surface area contributed by atoms with Crippen molar-refractivity contribution in [1.29, 1.82) is 0 Å². The Hall–Kier alpha value is -3.18. The Balaban J connectivity index is 1.36. The van der Waals surface area contributed by atoms with Crippen molar-refractivity contribution < 1.29 is 13.9 Å². The lowest BCUT2D eigenvalue weighted by atomic mass is 9.96. The van der Waals surface area contributed by atoms with E-state index >= 15 is 4.39 Å². The number of rotatable bonds is 7. The fourth-order valence-electron chi connectivity index (χ4n) is 6.29. The maximum atomic E-state index is 16.2. The minimum atomic E-state index is -1.46. The first kappa shape index (κ1) is 27.4. The highest BCUT2D eigenvalue weighted by Gasteiger charge is 2.49. The number of halogens is 2. The van der Waals surface area contributed by atoms with Crippen LogP contribution in [-0.2, 0) is 24.1 Å². The van der Waals surface area contributed by atoms with E-state index in [0.29, 0.717) is 47.7 Å². The van der Waals surface area contributed by atoms with Gasteiger partial charge in [0.2, 0.25) is 5.88 Å². The Morgan fingerprint density at radius 3 is 2.77 bits per heavy atom. The SMILES string of the molecule is CSc1nc(OCc2ccccc2)c2c3csc(-c4c(C5(F)CC5)c(Cl)cc5c4cnn5C4CCCCO4)c3n(C)c2n1. The largest absolute Gasteiger partial charge is 0.472 e. The molecule has 2 aromatic carbocycles. The zero-order valence-corrected chi connectivity index (χ0v) is 26.2. The number of hydrogen-bond acceptors (Lipinski definition) is 7. The van der Waals surface area contributed by atoms with Gasteiger partial charge in [-0.05, 0) is 50.0 Å². The molecule has 0 N–H and O–H groups in total. The summed E-state index contributed by atoms with van der Waals surface area (Å²) in [5, 5.41) is 10.6. The molecule has 6 aromatic rings. The van der Waals surface area contributed by atoms with Crippen molar-refractivity contribution in [1.82, 2.24) is 24.3 Å². The van der Waals surface area contributed by atoms with Crippen LogP contribution in [0.4, 0.5) is 4.39 Å². The lowest BCUT2D eigenvalue weighted by Gasteiger charge is -2.24. The molecule has 43 heavy (non-hydrogen) atoms. The van der Waals surface area contributed by atoms with Crippen LogP contribution < -0.4 is 4.74 Å². The molecular formula is C32H29ClFN5O2S2. The number of thioether (sulfide) groups is 1. The van der Waals surface area contributed by atoms with Crippen molar-refractivity contribution >= 4 is 67.5 Å². The Morgan fingerprint density at radius 1 is 1.19 bits per heavy atom. The van der Waals surface area contributed by atoms with E-state index in [9.17, 15) is 0 Å². The molecule has 0 radical (unpaired) electrons.